The fourth-order valence-corrected chi connectivity index (χ4v) is 1.56. The second-order valence-electron chi connectivity index (χ2n) is 2.83. The van der Waals surface area contributed by atoms with Crippen LogP contribution in [0, 0.1) is 11.5 Å². The van der Waals surface area contributed by atoms with E-state index in [0.29, 0.717) is 16.4 Å². The molecule has 1 aromatic carbocycles. The van der Waals surface area contributed by atoms with Crippen molar-refractivity contribution in [2.24, 2.45) is 4.99 Å². The first kappa shape index (κ1) is 10.4. The Morgan fingerprint density at radius 1 is 1.56 bits per heavy atom. The van der Waals surface area contributed by atoms with Gasteiger partial charge in [0.05, 0.1) is 5.69 Å². The minimum atomic E-state index is 0.526. The Bertz CT molecular complexity index is 567. The topological polar surface area (TPSA) is 89.8 Å². The first-order valence-corrected chi connectivity index (χ1v) is 5.65. The van der Waals surface area contributed by atoms with E-state index in [1.54, 1.807) is 0 Å². The SMILES string of the molecule is CSC(=Nc1cccc2n[nH]nc12)NC#N. The van der Waals surface area contributed by atoms with Crippen LogP contribution in [-0.2, 0) is 0 Å². The summed E-state index contributed by atoms with van der Waals surface area (Å²) >= 11 is 1.36. The largest absolute Gasteiger partial charge is 0.271 e. The molecule has 80 valence electrons. The van der Waals surface area contributed by atoms with Crippen molar-refractivity contribution in [1.82, 2.24) is 20.7 Å². The van der Waals surface area contributed by atoms with Crippen LogP contribution >= 0.6 is 11.8 Å². The maximum atomic E-state index is 8.53. The highest BCUT2D eigenvalue weighted by Crippen LogP contribution is 2.22. The van der Waals surface area contributed by atoms with Gasteiger partial charge in [0.1, 0.15) is 11.0 Å². The minimum absolute atomic E-state index is 0.526. The Hall–Kier alpha value is -2.07. The molecule has 2 rings (SSSR count). The van der Waals surface area contributed by atoms with Crippen LogP contribution in [0.2, 0.25) is 0 Å². The molecule has 0 fully saturated rings. The molecule has 0 saturated heterocycles. The lowest BCUT2D eigenvalue weighted by Crippen LogP contribution is -2.12. The van der Waals surface area contributed by atoms with Gasteiger partial charge in [-0.15, -0.1) is 0 Å². The Morgan fingerprint density at radius 3 is 3.19 bits per heavy atom. The summed E-state index contributed by atoms with van der Waals surface area (Å²) in [6.45, 7) is 0. The summed E-state index contributed by atoms with van der Waals surface area (Å²) in [6.07, 6.45) is 3.67. The van der Waals surface area contributed by atoms with Gasteiger partial charge >= 0.3 is 0 Å². The number of para-hydroxylation sites is 1. The lowest BCUT2D eigenvalue weighted by Gasteiger charge is -1.99. The van der Waals surface area contributed by atoms with Gasteiger partial charge < -0.3 is 0 Å². The van der Waals surface area contributed by atoms with Crippen LogP contribution < -0.4 is 5.32 Å². The second kappa shape index (κ2) is 4.63. The summed E-state index contributed by atoms with van der Waals surface area (Å²) < 4.78 is 0. The fourth-order valence-electron chi connectivity index (χ4n) is 1.23. The van der Waals surface area contributed by atoms with Crippen molar-refractivity contribution in [3.63, 3.8) is 0 Å². The molecule has 0 aliphatic heterocycles. The average molecular weight is 232 g/mol. The van der Waals surface area contributed by atoms with Gasteiger partial charge in [-0.05, 0) is 18.4 Å². The molecule has 6 nitrogen and oxygen atoms in total. The molecular weight excluding hydrogens is 224 g/mol. The van der Waals surface area contributed by atoms with Crippen molar-refractivity contribution in [1.29, 1.82) is 5.26 Å². The minimum Gasteiger partial charge on any atom is -0.271 e. The van der Waals surface area contributed by atoms with Crippen LogP contribution in [0.5, 0.6) is 0 Å². The lowest BCUT2D eigenvalue weighted by molar-refractivity contribution is 0.959. The molecule has 0 spiro atoms. The quantitative estimate of drug-likeness (QED) is 0.335. The number of thioether (sulfide) groups is 1. The van der Waals surface area contributed by atoms with Crippen molar-refractivity contribution in [3.8, 4) is 6.19 Å². The molecule has 0 saturated carbocycles. The summed E-state index contributed by atoms with van der Waals surface area (Å²) in [5.41, 5.74) is 2.12. The molecule has 7 heteroatoms. The molecule has 0 bridgehead atoms. The van der Waals surface area contributed by atoms with Crippen LogP contribution in [0.1, 0.15) is 0 Å². The van der Waals surface area contributed by atoms with Crippen molar-refractivity contribution in [2.45, 2.75) is 0 Å². The van der Waals surface area contributed by atoms with Gasteiger partial charge in [0, 0.05) is 0 Å². The molecule has 1 aromatic heterocycles. The van der Waals surface area contributed by atoms with Crippen LogP contribution in [0.25, 0.3) is 11.0 Å². The van der Waals surface area contributed by atoms with E-state index in [4.69, 9.17) is 5.26 Å². The normalized spacial score (nSPS) is 11.4. The number of aliphatic imine (C=N–C) groups is 1. The molecule has 0 atom stereocenters. The van der Waals surface area contributed by atoms with Crippen LogP contribution in [0.15, 0.2) is 23.2 Å². The summed E-state index contributed by atoms with van der Waals surface area (Å²) in [5, 5.41) is 22.1. The Morgan fingerprint density at radius 2 is 2.44 bits per heavy atom. The molecule has 0 aliphatic rings. The third-order valence-electron chi connectivity index (χ3n) is 1.90. The first-order chi connectivity index (χ1) is 7.85. The van der Waals surface area contributed by atoms with E-state index in [1.165, 1.54) is 11.8 Å². The number of nitriles is 1. The zero-order chi connectivity index (χ0) is 11.4. The van der Waals surface area contributed by atoms with E-state index in [9.17, 15) is 0 Å². The number of aromatic nitrogens is 3. The van der Waals surface area contributed by atoms with E-state index in [-0.39, 0.29) is 0 Å². The van der Waals surface area contributed by atoms with E-state index in [1.807, 2.05) is 30.6 Å². The summed E-state index contributed by atoms with van der Waals surface area (Å²) in [5.74, 6) is 0. The average Bonchev–Trinajstić information content (AvgIpc) is 2.77. The van der Waals surface area contributed by atoms with Gasteiger partial charge in [0.25, 0.3) is 0 Å². The summed E-state index contributed by atoms with van der Waals surface area (Å²) in [7, 11) is 0. The monoisotopic (exact) mass is 232 g/mol. The van der Waals surface area contributed by atoms with Gasteiger partial charge in [-0.1, -0.05) is 17.8 Å². The van der Waals surface area contributed by atoms with Crippen LogP contribution in [0.4, 0.5) is 5.69 Å². The molecule has 16 heavy (non-hydrogen) atoms. The number of hydrogen-bond donors (Lipinski definition) is 2. The molecular formula is C9H8N6S. The van der Waals surface area contributed by atoms with Crippen molar-refractivity contribution in [3.05, 3.63) is 18.2 Å². The number of fused-ring (bicyclic) bond motifs is 1. The summed E-state index contributed by atoms with van der Waals surface area (Å²) in [6, 6.07) is 5.50. The summed E-state index contributed by atoms with van der Waals surface area (Å²) in [4.78, 5) is 4.29. The smallest absolute Gasteiger partial charge is 0.183 e. The molecule has 0 radical (unpaired) electrons. The van der Waals surface area contributed by atoms with Gasteiger partial charge in [-0.3, -0.25) is 5.32 Å². The zero-order valence-electron chi connectivity index (χ0n) is 8.43. The van der Waals surface area contributed by atoms with E-state index < -0.39 is 0 Å². The number of nitrogens with one attached hydrogen (secondary N) is 2. The molecule has 0 aliphatic carbocycles. The maximum absolute atomic E-state index is 8.53. The third kappa shape index (κ3) is 1.97. The molecule has 0 unspecified atom stereocenters. The number of H-pyrrole nitrogens is 1. The number of rotatable bonds is 1. The maximum Gasteiger partial charge on any atom is 0.183 e. The highest BCUT2D eigenvalue weighted by Gasteiger charge is 2.04. The van der Waals surface area contributed by atoms with Gasteiger partial charge in [-0.2, -0.15) is 20.7 Å². The van der Waals surface area contributed by atoms with E-state index in [2.05, 4.69) is 25.7 Å². The number of amidine groups is 1. The highest BCUT2D eigenvalue weighted by atomic mass is 32.2. The van der Waals surface area contributed by atoms with Crippen molar-refractivity contribution in [2.75, 3.05) is 6.26 Å². The Kier molecular flexibility index (Phi) is 3.03. The predicted octanol–water partition coefficient (Wildman–Crippen LogP) is 1.38. The van der Waals surface area contributed by atoms with Crippen LogP contribution in [-0.4, -0.2) is 26.8 Å². The molecule has 1 heterocycles. The van der Waals surface area contributed by atoms with Crippen LogP contribution in [0.3, 0.4) is 0 Å². The molecule has 2 aromatic rings. The third-order valence-corrected chi connectivity index (χ3v) is 2.48. The predicted molar refractivity (Wildman–Crippen MR) is 63.2 cm³/mol. The van der Waals surface area contributed by atoms with E-state index in [0.717, 1.165) is 5.52 Å². The highest BCUT2D eigenvalue weighted by molar-refractivity contribution is 8.13. The Balaban J connectivity index is 2.47. The van der Waals surface area contributed by atoms with Gasteiger partial charge in [0.15, 0.2) is 11.4 Å². The fraction of sp³-hybridized carbons (Fsp3) is 0.111. The van der Waals surface area contributed by atoms with Gasteiger partial charge in [0.2, 0.25) is 0 Å². The lowest BCUT2D eigenvalue weighted by atomic mass is 10.3. The number of benzene rings is 1. The second-order valence-corrected chi connectivity index (χ2v) is 3.62. The standard InChI is InChI=1S/C9H8N6S/c1-16-9(11-5-10)12-6-3-2-4-7-8(6)14-15-13-7/h2-4H,1H3,(H,11,12)(H,13,14,15). The number of hydrogen-bond acceptors (Lipinski definition) is 5. The molecule has 0 amide bonds. The first-order valence-electron chi connectivity index (χ1n) is 4.42. The van der Waals surface area contributed by atoms with Crippen molar-refractivity contribution >= 4 is 33.7 Å². The Labute approximate surface area is 95.8 Å². The van der Waals surface area contributed by atoms with E-state index >= 15 is 0 Å². The number of aromatic amines is 1. The van der Waals surface area contributed by atoms with Crippen molar-refractivity contribution < 1.29 is 0 Å². The number of nitrogens with zero attached hydrogens (tertiary/aromatic N) is 4. The zero-order valence-corrected chi connectivity index (χ0v) is 9.25. The molecule has 2 N–H and O–H groups in total. The van der Waals surface area contributed by atoms with Gasteiger partial charge in [-0.25, -0.2) is 4.99 Å².